The second kappa shape index (κ2) is 7.39. The Hall–Kier alpha value is -2.15. The molecule has 1 unspecified atom stereocenters. The summed E-state index contributed by atoms with van der Waals surface area (Å²) in [5.74, 6) is -0.783. The van der Waals surface area contributed by atoms with Gasteiger partial charge in [-0.25, -0.2) is 4.79 Å². The number of esters is 1. The average Bonchev–Trinajstić information content (AvgIpc) is 3.25. The number of ether oxygens (including phenoxy) is 2. The van der Waals surface area contributed by atoms with E-state index in [-0.39, 0.29) is 23.6 Å². The second-order valence-corrected chi connectivity index (χ2v) is 6.61. The van der Waals surface area contributed by atoms with E-state index >= 15 is 0 Å². The summed E-state index contributed by atoms with van der Waals surface area (Å²) in [6.07, 6.45) is 6.13. The minimum Gasteiger partial charge on any atom is -0.467 e. The summed E-state index contributed by atoms with van der Waals surface area (Å²) in [5.41, 5.74) is 0.728. The van der Waals surface area contributed by atoms with E-state index in [4.69, 9.17) is 9.47 Å². The fourth-order valence-electron chi connectivity index (χ4n) is 3.94. The van der Waals surface area contributed by atoms with Gasteiger partial charge < -0.3 is 19.3 Å². The van der Waals surface area contributed by atoms with Crippen LogP contribution < -0.4 is 0 Å². The molecular weight excluding hydrogens is 324 g/mol. The van der Waals surface area contributed by atoms with E-state index in [9.17, 15) is 14.4 Å². The number of allylic oxidation sites excluding steroid dienone is 2. The number of carbonyl (C=O) groups is 3. The van der Waals surface area contributed by atoms with Crippen molar-refractivity contribution in [1.82, 2.24) is 9.80 Å². The molecule has 2 atom stereocenters. The Kier molecular flexibility index (Phi) is 5.22. The Morgan fingerprint density at radius 1 is 1.04 bits per heavy atom. The van der Waals surface area contributed by atoms with Crippen LogP contribution in [0, 0.1) is 0 Å². The van der Waals surface area contributed by atoms with Crippen LogP contribution in [0.4, 0.5) is 0 Å². The van der Waals surface area contributed by atoms with Gasteiger partial charge in [0.2, 0.25) is 11.6 Å². The number of rotatable bonds is 5. The van der Waals surface area contributed by atoms with Crippen molar-refractivity contribution in [3.8, 4) is 0 Å². The predicted molar refractivity (Wildman–Crippen MR) is 89.5 cm³/mol. The van der Waals surface area contributed by atoms with Gasteiger partial charge in [0, 0.05) is 32.4 Å². The highest BCUT2D eigenvalue weighted by atomic mass is 16.5. The van der Waals surface area contributed by atoms with Crippen molar-refractivity contribution in [2.45, 2.75) is 37.8 Å². The first kappa shape index (κ1) is 17.7. The number of nitrogens with zero attached hydrogens (tertiary/aromatic N) is 2. The molecule has 7 nitrogen and oxygen atoms in total. The maximum atomic E-state index is 12.7. The molecule has 136 valence electrons. The van der Waals surface area contributed by atoms with Crippen LogP contribution in [0.5, 0.6) is 0 Å². The number of carbonyl (C=O) groups excluding carboxylic acids is 3. The lowest BCUT2D eigenvalue weighted by molar-refractivity contribution is -0.145. The summed E-state index contributed by atoms with van der Waals surface area (Å²) in [6.45, 7) is 1.85. The zero-order valence-corrected chi connectivity index (χ0v) is 14.7. The molecule has 0 aromatic carbocycles. The molecule has 3 aliphatic rings. The van der Waals surface area contributed by atoms with E-state index < -0.39 is 6.04 Å². The van der Waals surface area contributed by atoms with Crippen LogP contribution in [0.15, 0.2) is 23.5 Å². The number of methoxy groups -OCH3 is 2. The zero-order chi connectivity index (χ0) is 18.0. The molecular formula is C18H24N2O5. The molecule has 0 radical (unpaired) electrons. The van der Waals surface area contributed by atoms with Crippen LogP contribution in [0.3, 0.4) is 0 Å². The van der Waals surface area contributed by atoms with Crippen LogP contribution in [-0.4, -0.2) is 73.3 Å². The van der Waals surface area contributed by atoms with Gasteiger partial charge in [0.1, 0.15) is 6.04 Å². The van der Waals surface area contributed by atoms with Gasteiger partial charge >= 0.3 is 5.97 Å². The van der Waals surface area contributed by atoms with Crippen molar-refractivity contribution in [1.29, 1.82) is 0 Å². The molecule has 0 spiro atoms. The summed E-state index contributed by atoms with van der Waals surface area (Å²) in [4.78, 5) is 40.9. The third-order valence-electron chi connectivity index (χ3n) is 5.12. The number of likely N-dealkylation sites (tertiary alicyclic amines) is 2. The molecule has 0 aromatic rings. The fourth-order valence-corrected chi connectivity index (χ4v) is 3.94. The highest BCUT2D eigenvalue weighted by Gasteiger charge is 2.38. The van der Waals surface area contributed by atoms with E-state index in [1.807, 2.05) is 4.90 Å². The van der Waals surface area contributed by atoms with Crippen molar-refractivity contribution >= 4 is 17.5 Å². The monoisotopic (exact) mass is 348 g/mol. The first-order valence-electron chi connectivity index (χ1n) is 8.69. The van der Waals surface area contributed by atoms with Gasteiger partial charge in [-0.2, -0.15) is 0 Å². The molecule has 7 heteroatoms. The molecule has 2 fully saturated rings. The smallest absolute Gasteiger partial charge is 0.328 e. The topological polar surface area (TPSA) is 76.2 Å². The van der Waals surface area contributed by atoms with Crippen molar-refractivity contribution in [2.75, 3.05) is 33.9 Å². The Bertz CT molecular complexity index is 639. The fraction of sp³-hybridized carbons (Fsp3) is 0.611. The molecule has 0 saturated carbocycles. The molecule has 0 N–H and O–H groups in total. The van der Waals surface area contributed by atoms with Crippen LogP contribution in [0.25, 0.3) is 0 Å². The minimum atomic E-state index is -0.490. The molecule has 0 bridgehead atoms. The van der Waals surface area contributed by atoms with Crippen molar-refractivity contribution < 1.29 is 23.9 Å². The Labute approximate surface area is 147 Å². The normalized spacial score (nSPS) is 26.8. The molecule has 25 heavy (non-hydrogen) atoms. The summed E-state index contributed by atoms with van der Waals surface area (Å²) in [6, 6.07) is -0.367. The van der Waals surface area contributed by atoms with Crippen LogP contribution in [0.1, 0.15) is 25.7 Å². The minimum absolute atomic E-state index is 0.123. The van der Waals surface area contributed by atoms with Crippen LogP contribution >= 0.6 is 0 Å². The predicted octanol–water partition coefficient (Wildman–Crippen LogP) is 0.654. The van der Waals surface area contributed by atoms with E-state index in [1.54, 1.807) is 12.0 Å². The Morgan fingerprint density at radius 3 is 2.28 bits per heavy atom. The third-order valence-corrected chi connectivity index (χ3v) is 5.12. The van der Waals surface area contributed by atoms with E-state index in [1.165, 1.54) is 19.3 Å². The van der Waals surface area contributed by atoms with E-state index in [0.29, 0.717) is 31.0 Å². The molecule has 0 amide bonds. The number of hydrogen-bond donors (Lipinski definition) is 0. The Balaban J connectivity index is 1.80. The van der Waals surface area contributed by atoms with Gasteiger partial charge in [-0.1, -0.05) is 0 Å². The van der Waals surface area contributed by atoms with Gasteiger partial charge in [-0.3, -0.25) is 9.59 Å². The molecule has 2 heterocycles. The number of ketones is 2. The lowest BCUT2D eigenvalue weighted by Crippen LogP contribution is -2.41. The summed E-state index contributed by atoms with van der Waals surface area (Å²) < 4.78 is 10.0. The van der Waals surface area contributed by atoms with Gasteiger partial charge in [-0.15, -0.1) is 0 Å². The molecule has 2 saturated heterocycles. The highest BCUT2D eigenvalue weighted by molar-refractivity contribution is 6.19. The Morgan fingerprint density at radius 2 is 1.64 bits per heavy atom. The largest absolute Gasteiger partial charge is 0.467 e. The zero-order valence-electron chi connectivity index (χ0n) is 14.7. The molecule has 3 rings (SSSR count). The average molecular weight is 348 g/mol. The first-order chi connectivity index (χ1) is 12.1. The van der Waals surface area contributed by atoms with Gasteiger partial charge in [-0.05, 0) is 25.7 Å². The van der Waals surface area contributed by atoms with E-state index in [2.05, 4.69) is 0 Å². The first-order valence-corrected chi connectivity index (χ1v) is 8.69. The summed E-state index contributed by atoms with van der Waals surface area (Å²) in [5, 5.41) is 0. The second-order valence-electron chi connectivity index (χ2n) is 6.61. The van der Waals surface area contributed by atoms with Crippen molar-refractivity contribution in [3.05, 3.63) is 23.5 Å². The number of hydrogen-bond acceptors (Lipinski definition) is 7. The van der Waals surface area contributed by atoms with Crippen molar-refractivity contribution in [2.24, 2.45) is 0 Å². The third kappa shape index (κ3) is 3.33. The SMILES string of the molecule is COC[C@@H]1CCCN1C1=CC(=O)C(N2CCCC2C(=O)OC)=CC1=O. The maximum Gasteiger partial charge on any atom is 0.328 e. The quantitative estimate of drug-likeness (QED) is 0.533. The highest BCUT2D eigenvalue weighted by Crippen LogP contribution is 2.30. The van der Waals surface area contributed by atoms with Crippen LogP contribution in [-0.2, 0) is 23.9 Å². The lowest BCUT2D eigenvalue weighted by Gasteiger charge is -2.31. The van der Waals surface area contributed by atoms with Crippen LogP contribution in [0.2, 0.25) is 0 Å². The standard InChI is InChI=1S/C18H24N2O5/c1-24-11-12-5-3-7-19(12)14-9-17(22)15(10-16(14)21)20-8-4-6-13(20)18(23)25-2/h9-10,12-13H,3-8,11H2,1-2H3/t12-,13?/m0/s1. The summed E-state index contributed by atoms with van der Waals surface area (Å²) >= 11 is 0. The lowest BCUT2D eigenvalue weighted by atomic mass is 10.0. The summed E-state index contributed by atoms with van der Waals surface area (Å²) in [7, 11) is 2.97. The van der Waals surface area contributed by atoms with Crippen molar-refractivity contribution in [3.63, 3.8) is 0 Å². The van der Waals surface area contributed by atoms with E-state index in [0.717, 1.165) is 25.8 Å². The molecule has 2 aliphatic heterocycles. The van der Waals surface area contributed by atoms with Gasteiger partial charge in [0.15, 0.2) is 0 Å². The van der Waals surface area contributed by atoms with Gasteiger partial charge in [0.05, 0.1) is 31.2 Å². The molecule has 0 aromatic heterocycles. The molecule has 1 aliphatic carbocycles. The van der Waals surface area contributed by atoms with Gasteiger partial charge in [0.25, 0.3) is 0 Å². The maximum absolute atomic E-state index is 12.7.